The monoisotopic (exact) mass is 442 g/mol. The molecule has 1 aromatic heterocycles. The van der Waals surface area contributed by atoms with E-state index in [2.05, 4.69) is 20.8 Å². The summed E-state index contributed by atoms with van der Waals surface area (Å²) in [5, 5.41) is 2.03. The van der Waals surface area contributed by atoms with Crippen LogP contribution in [0, 0.1) is 5.92 Å². The predicted molar refractivity (Wildman–Crippen MR) is 106 cm³/mol. The first-order valence-electron chi connectivity index (χ1n) is 9.09. The Morgan fingerprint density at radius 3 is 2.73 bits per heavy atom. The first-order chi connectivity index (χ1) is 12.1. The summed E-state index contributed by atoms with van der Waals surface area (Å²) in [4.78, 5) is 30.4. The van der Waals surface area contributed by atoms with Gasteiger partial charge in [0, 0.05) is 33.9 Å². The minimum atomic E-state index is -0.464. The molecule has 5 nitrogen and oxygen atoms in total. The van der Waals surface area contributed by atoms with Crippen LogP contribution >= 0.6 is 27.3 Å². The second-order valence-corrected chi connectivity index (χ2v) is 10.2. The lowest BCUT2D eigenvalue weighted by molar-refractivity contribution is -0.161. The molecule has 0 aromatic carbocycles. The topological polar surface area (TPSA) is 49.9 Å². The zero-order valence-electron chi connectivity index (χ0n) is 15.8. The third kappa shape index (κ3) is 4.49. The van der Waals surface area contributed by atoms with Gasteiger partial charge < -0.3 is 9.64 Å². The number of fused-ring (bicyclic) bond motifs is 2. The van der Waals surface area contributed by atoms with Gasteiger partial charge in [0.15, 0.2) is 0 Å². The number of halogens is 1. The quantitative estimate of drug-likeness (QED) is 0.652. The van der Waals surface area contributed by atoms with Crippen molar-refractivity contribution < 1.29 is 14.3 Å². The minimum absolute atomic E-state index is 0.0978. The van der Waals surface area contributed by atoms with E-state index in [4.69, 9.17) is 4.74 Å². The molecule has 0 aliphatic carbocycles. The average Bonchev–Trinajstić information content (AvgIpc) is 3.20. The molecule has 0 radical (unpaired) electrons. The van der Waals surface area contributed by atoms with Crippen LogP contribution in [0.3, 0.4) is 0 Å². The maximum atomic E-state index is 12.7. The summed E-state index contributed by atoms with van der Waals surface area (Å²) < 4.78 is 6.64. The number of thiophene rings is 1. The van der Waals surface area contributed by atoms with E-state index in [1.165, 1.54) is 0 Å². The van der Waals surface area contributed by atoms with Crippen LogP contribution in [-0.2, 0) is 20.9 Å². The van der Waals surface area contributed by atoms with E-state index in [1.54, 1.807) is 16.2 Å². The Morgan fingerprint density at radius 1 is 1.38 bits per heavy atom. The van der Waals surface area contributed by atoms with E-state index in [0.717, 1.165) is 28.6 Å². The molecule has 3 atom stereocenters. The Kier molecular flexibility index (Phi) is 5.80. The van der Waals surface area contributed by atoms with Gasteiger partial charge in [-0.3, -0.25) is 14.5 Å². The average molecular weight is 443 g/mol. The van der Waals surface area contributed by atoms with E-state index in [1.807, 2.05) is 39.3 Å². The van der Waals surface area contributed by atoms with Crippen LogP contribution in [0.4, 0.5) is 0 Å². The molecule has 3 rings (SSSR count). The van der Waals surface area contributed by atoms with Crippen LogP contribution in [0.25, 0.3) is 0 Å². The fourth-order valence-electron chi connectivity index (χ4n) is 4.01. The Morgan fingerprint density at radius 2 is 2.12 bits per heavy atom. The predicted octanol–water partition coefficient (Wildman–Crippen LogP) is 3.66. The van der Waals surface area contributed by atoms with Gasteiger partial charge in [0.05, 0.1) is 19.0 Å². The largest absolute Gasteiger partial charge is 0.460 e. The maximum Gasteiger partial charge on any atom is 0.311 e. The molecule has 2 bridgehead atoms. The minimum Gasteiger partial charge on any atom is -0.460 e. The van der Waals surface area contributed by atoms with E-state index in [0.29, 0.717) is 19.1 Å². The van der Waals surface area contributed by atoms with Crippen LogP contribution < -0.4 is 0 Å². The molecule has 2 saturated heterocycles. The first kappa shape index (κ1) is 19.8. The number of ether oxygens (including phenoxy) is 1. The van der Waals surface area contributed by atoms with Gasteiger partial charge in [-0.1, -0.05) is 0 Å². The summed E-state index contributed by atoms with van der Waals surface area (Å²) in [6, 6.07) is 2.51. The van der Waals surface area contributed by atoms with Crippen molar-refractivity contribution in [3.63, 3.8) is 0 Å². The van der Waals surface area contributed by atoms with Gasteiger partial charge in [-0.2, -0.15) is 0 Å². The smallest absolute Gasteiger partial charge is 0.311 e. The number of nitrogens with zero attached hydrogens (tertiary/aromatic N) is 2. The highest BCUT2D eigenvalue weighted by Crippen LogP contribution is 2.42. The lowest BCUT2D eigenvalue weighted by Gasteiger charge is -2.27. The third-order valence-corrected chi connectivity index (χ3v) is 6.83. The van der Waals surface area contributed by atoms with Crippen molar-refractivity contribution in [2.45, 2.75) is 64.3 Å². The highest BCUT2D eigenvalue weighted by atomic mass is 79.9. The van der Waals surface area contributed by atoms with Gasteiger partial charge in [-0.15, -0.1) is 11.3 Å². The Bertz CT molecular complexity index is 685. The van der Waals surface area contributed by atoms with Crippen molar-refractivity contribution in [1.82, 2.24) is 9.80 Å². The standard InChI is InChI=1S/C19H27BrN2O3S/c1-19(2,3)25-18(24)15-8-13-5-6-16(15)22(13)10-17(23)21(4)9-14-7-12(20)11-26-14/h7,11,13,15-16H,5-6,8-10H2,1-4H3. The molecule has 3 unspecified atom stereocenters. The number of likely N-dealkylation sites (N-methyl/N-ethyl adjacent to an activating group) is 1. The molecule has 2 aliphatic heterocycles. The summed E-state index contributed by atoms with van der Waals surface area (Å²) in [5.74, 6) is -0.102. The number of hydrogen-bond donors (Lipinski definition) is 0. The lowest BCUT2D eigenvalue weighted by Crippen LogP contribution is -2.42. The normalized spacial score (nSPS) is 25.5. The zero-order valence-corrected chi connectivity index (χ0v) is 18.2. The summed E-state index contributed by atoms with van der Waals surface area (Å²) in [6.45, 7) is 6.71. The SMILES string of the molecule is CN(Cc1cc(Br)cs1)C(=O)CN1C2CCC1C(C(=O)OC(C)(C)C)C2. The van der Waals surface area contributed by atoms with Crippen LogP contribution in [-0.4, -0.2) is 53.0 Å². The van der Waals surface area contributed by atoms with Crippen molar-refractivity contribution >= 4 is 39.1 Å². The highest BCUT2D eigenvalue weighted by molar-refractivity contribution is 9.10. The van der Waals surface area contributed by atoms with E-state index >= 15 is 0 Å². The third-order valence-electron chi connectivity index (χ3n) is 5.15. The van der Waals surface area contributed by atoms with Gasteiger partial charge in [0.2, 0.25) is 5.91 Å². The zero-order chi connectivity index (χ0) is 19.1. The Hall–Kier alpha value is -0.920. The molecule has 0 saturated carbocycles. The van der Waals surface area contributed by atoms with Gasteiger partial charge >= 0.3 is 5.97 Å². The fourth-order valence-corrected chi connectivity index (χ4v) is 5.52. The second kappa shape index (κ2) is 7.60. The number of carbonyl (C=O) groups is 2. The number of rotatable bonds is 5. The van der Waals surface area contributed by atoms with E-state index < -0.39 is 5.60 Å². The summed E-state index contributed by atoms with van der Waals surface area (Å²) in [6.07, 6.45) is 2.86. The number of esters is 1. The molecule has 26 heavy (non-hydrogen) atoms. The molecule has 1 amide bonds. The van der Waals surface area contributed by atoms with Gasteiger partial charge in [0.1, 0.15) is 5.60 Å². The van der Waals surface area contributed by atoms with Crippen LogP contribution in [0.15, 0.2) is 15.9 Å². The molecular formula is C19H27BrN2O3S. The van der Waals surface area contributed by atoms with Crippen molar-refractivity contribution in [1.29, 1.82) is 0 Å². The fraction of sp³-hybridized carbons (Fsp3) is 0.684. The summed E-state index contributed by atoms with van der Waals surface area (Å²) in [7, 11) is 1.85. The van der Waals surface area contributed by atoms with E-state index in [-0.39, 0.29) is 23.8 Å². The molecule has 7 heteroatoms. The van der Waals surface area contributed by atoms with Crippen molar-refractivity contribution in [2.75, 3.05) is 13.6 Å². The number of carbonyl (C=O) groups excluding carboxylic acids is 2. The van der Waals surface area contributed by atoms with Crippen molar-refractivity contribution in [3.8, 4) is 0 Å². The van der Waals surface area contributed by atoms with Crippen LogP contribution in [0.5, 0.6) is 0 Å². The Labute approximate surface area is 167 Å². The molecule has 3 heterocycles. The maximum absolute atomic E-state index is 12.7. The first-order valence-corrected chi connectivity index (χ1v) is 10.8. The van der Waals surface area contributed by atoms with Crippen molar-refractivity contribution in [2.24, 2.45) is 5.92 Å². The van der Waals surface area contributed by atoms with Crippen LogP contribution in [0.2, 0.25) is 0 Å². The summed E-state index contributed by atoms with van der Waals surface area (Å²) >= 11 is 5.10. The van der Waals surface area contributed by atoms with E-state index in [9.17, 15) is 9.59 Å². The molecule has 1 aromatic rings. The molecule has 0 spiro atoms. The highest BCUT2D eigenvalue weighted by Gasteiger charge is 2.50. The molecule has 2 fully saturated rings. The number of amides is 1. The summed E-state index contributed by atoms with van der Waals surface area (Å²) in [5.41, 5.74) is -0.464. The Balaban J connectivity index is 1.58. The second-order valence-electron chi connectivity index (χ2n) is 8.33. The van der Waals surface area contributed by atoms with Gasteiger partial charge in [-0.05, 0) is 62.0 Å². The van der Waals surface area contributed by atoms with Crippen LogP contribution in [0.1, 0.15) is 44.9 Å². The molecule has 0 N–H and O–H groups in total. The van der Waals surface area contributed by atoms with Gasteiger partial charge in [0.25, 0.3) is 0 Å². The van der Waals surface area contributed by atoms with Crippen molar-refractivity contribution in [3.05, 3.63) is 20.8 Å². The molecular weight excluding hydrogens is 416 g/mol. The lowest BCUT2D eigenvalue weighted by atomic mass is 9.89. The number of hydrogen-bond acceptors (Lipinski definition) is 5. The molecule has 2 aliphatic rings. The van der Waals surface area contributed by atoms with Gasteiger partial charge in [-0.25, -0.2) is 0 Å². The molecule has 144 valence electrons.